The molecule has 192 valence electrons. The Morgan fingerprint density at radius 1 is 1.08 bits per heavy atom. The number of thioether (sulfide) groups is 1. The Labute approximate surface area is 225 Å². The lowest BCUT2D eigenvalue weighted by atomic mass is 9.97. The summed E-state index contributed by atoms with van der Waals surface area (Å²) < 4.78 is 33.0. The summed E-state index contributed by atoms with van der Waals surface area (Å²) in [5.41, 5.74) is 7.95. The Bertz CT molecular complexity index is 1530. The summed E-state index contributed by atoms with van der Waals surface area (Å²) >= 11 is 2.44. The number of nitrogens with two attached hydrogens (primary N) is 1. The van der Waals surface area contributed by atoms with Gasteiger partial charge in [0, 0.05) is 29.7 Å². The van der Waals surface area contributed by atoms with Crippen LogP contribution < -0.4 is 15.8 Å². The Kier molecular flexibility index (Phi) is 8.71. The highest BCUT2D eigenvalue weighted by Gasteiger charge is 2.21. The van der Waals surface area contributed by atoms with Gasteiger partial charge in [0.2, 0.25) is 0 Å². The highest BCUT2D eigenvalue weighted by atomic mass is 32.2. The fourth-order valence-corrected chi connectivity index (χ4v) is 5.17. The minimum absolute atomic E-state index is 0.00511. The van der Waals surface area contributed by atoms with Gasteiger partial charge in [-0.3, -0.25) is 0 Å². The van der Waals surface area contributed by atoms with Gasteiger partial charge in [-0.15, -0.1) is 11.3 Å². The first-order valence-corrected chi connectivity index (χ1v) is 13.1. The van der Waals surface area contributed by atoms with Crippen LogP contribution in [0.5, 0.6) is 5.75 Å². The van der Waals surface area contributed by atoms with Gasteiger partial charge in [-0.05, 0) is 29.8 Å². The summed E-state index contributed by atoms with van der Waals surface area (Å²) in [6.45, 7) is 0.382. The van der Waals surface area contributed by atoms with Crippen LogP contribution in [0.25, 0.3) is 11.1 Å². The normalized spacial score (nSPS) is 10.6. The lowest BCUT2D eigenvalue weighted by molar-refractivity contribution is 0.233. The molecule has 0 aliphatic carbocycles. The van der Waals surface area contributed by atoms with Crippen molar-refractivity contribution in [2.24, 2.45) is 0 Å². The number of aliphatic hydroxyl groups excluding tert-OH is 1. The molecule has 0 amide bonds. The molecule has 0 spiro atoms. The highest BCUT2D eigenvalue weighted by molar-refractivity contribution is 7.98. The molecule has 8 nitrogen and oxygen atoms in total. The number of thiazole rings is 1. The average molecular weight is 551 g/mol. The molecule has 4 aromatic rings. The van der Waals surface area contributed by atoms with E-state index in [2.05, 4.69) is 21.4 Å². The van der Waals surface area contributed by atoms with E-state index in [4.69, 9.17) is 15.6 Å². The van der Waals surface area contributed by atoms with Gasteiger partial charge in [0.05, 0.1) is 23.6 Å². The lowest BCUT2D eigenvalue weighted by Crippen LogP contribution is -2.04. The van der Waals surface area contributed by atoms with Crippen molar-refractivity contribution in [2.45, 2.75) is 17.2 Å². The van der Waals surface area contributed by atoms with E-state index in [0.29, 0.717) is 51.5 Å². The fourth-order valence-electron chi connectivity index (χ4n) is 3.45. The third-order valence-corrected chi connectivity index (χ3v) is 7.05. The number of anilines is 3. The second-order valence-corrected chi connectivity index (χ2v) is 9.58. The van der Waals surface area contributed by atoms with E-state index in [0.717, 1.165) is 6.07 Å². The van der Waals surface area contributed by atoms with Crippen LogP contribution in [0.15, 0.2) is 52.9 Å². The van der Waals surface area contributed by atoms with Crippen LogP contribution in [-0.4, -0.2) is 28.3 Å². The van der Waals surface area contributed by atoms with Crippen molar-refractivity contribution >= 4 is 39.7 Å². The van der Waals surface area contributed by atoms with Gasteiger partial charge < -0.3 is 20.9 Å². The number of nitrogens with one attached hydrogen (secondary N) is 1. The zero-order valence-electron chi connectivity index (χ0n) is 19.7. The lowest BCUT2D eigenvalue weighted by Gasteiger charge is -2.13. The Balaban J connectivity index is 1.57. The van der Waals surface area contributed by atoms with Gasteiger partial charge in [0.25, 0.3) is 0 Å². The van der Waals surface area contributed by atoms with Crippen LogP contribution >= 0.6 is 23.1 Å². The Morgan fingerprint density at radius 3 is 2.55 bits per heavy atom. The summed E-state index contributed by atoms with van der Waals surface area (Å²) in [5, 5.41) is 33.9. The summed E-state index contributed by atoms with van der Waals surface area (Å²) in [6, 6.07) is 14.9. The molecule has 0 saturated heterocycles. The molecule has 0 bridgehead atoms. The Hall–Kier alpha value is -4.23. The predicted octanol–water partition coefficient (Wildman–Crippen LogP) is 5.61. The molecular weight excluding hydrogens is 530 g/mol. The number of aromatic nitrogens is 2. The number of benzene rings is 2. The van der Waals surface area contributed by atoms with Crippen molar-refractivity contribution in [3.8, 4) is 29.0 Å². The third kappa shape index (κ3) is 6.01. The van der Waals surface area contributed by atoms with Crippen LogP contribution in [0.3, 0.4) is 0 Å². The second kappa shape index (κ2) is 12.3. The number of rotatable bonds is 10. The van der Waals surface area contributed by atoms with Gasteiger partial charge >= 0.3 is 0 Å². The van der Waals surface area contributed by atoms with E-state index in [1.165, 1.54) is 35.2 Å². The van der Waals surface area contributed by atoms with Crippen molar-refractivity contribution in [1.29, 1.82) is 10.5 Å². The molecule has 38 heavy (non-hydrogen) atoms. The predicted molar refractivity (Wildman–Crippen MR) is 142 cm³/mol. The van der Waals surface area contributed by atoms with Crippen LogP contribution in [-0.2, 0) is 5.75 Å². The first kappa shape index (κ1) is 26.8. The second-order valence-electron chi connectivity index (χ2n) is 7.76. The number of hydrogen-bond acceptors (Lipinski definition) is 10. The molecule has 0 radical (unpaired) electrons. The molecule has 2 aromatic carbocycles. The molecule has 0 saturated carbocycles. The number of nitriles is 2. The van der Waals surface area contributed by atoms with Gasteiger partial charge in [-0.2, -0.15) is 10.5 Å². The fraction of sp³-hybridized carbons (Fsp3) is 0.154. The quantitative estimate of drug-likeness (QED) is 0.170. The molecule has 4 N–H and O–H groups in total. The Morgan fingerprint density at radius 2 is 1.84 bits per heavy atom. The first-order chi connectivity index (χ1) is 18.4. The van der Waals surface area contributed by atoms with E-state index in [-0.39, 0.29) is 29.2 Å². The number of aliphatic hydroxyl groups is 1. The zero-order chi connectivity index (χ0) is 27.1. The molecule has 0 fully saturated rings. The summed E-state index contributed by atoms with van der Waals surface area (Å²) in [6.07, 6.45) is 0.499. The molecule has 2 aromatic heterocycles. The van der Waals surface area contributed by atoms with Crippen molar-refractivity contribution in [3.05, 3.63) is 76.3 Å². The maximum Gasteiger partial charge on any atom is 0.187 e. The average Bonchev–Trinajstić information content (AvgIpc) is 3.37. The molecule has 12 heteroatoms. The maximum atomic E-state index is 14.0. The van der Waals surface area contributed by atoms with E-state index < -0.39 is 11.6 Å². The van der Waals surface area contributed by atoms with Gasteiger partial charge in [0.15, 0.2) is 16.8 Å². The topological polar surface area (TPSA) is 141 Å². The number of ether oxygens (including phenoxy) is 1. The van der Waals surface area contributed by atoms with E-state index in [1.807, 2.05) is 6.07 Å². The summed E-state index contributed by atoms with van der Waals surface area (Å²) in [7, 11) is 0. The van der Waals surface area contributed by atoms with E-state index in [9.17, 15) is 19.3 Å². The molecule has 0 atom stereocenters. The standard InChI is InChI=1S/C26H20F2N6O2S2/c27-20-3-1-4-21(23(20)28)33-26-32-16(14-38-26)13-37-25-19(12-30)22(18(11-29)24(31)34-25)15-5-7-17(8-6-15)36-10-2-9-35/h1,3-8,14,35H,2,9-10,13H2,(H2,31,34)(H,32,33). The van der Waals surface area contributed by atoms with Crippen molar-refractivity contribution < 1.29 is 18.6 Å². The van der Waals surface area contributed by atoms with Gasteiger partial charge in [-0.1, -0.05) is 30.0 Å². The van der Waals surface area contributed by atoms with Crippen molar-refractivity contribution in [3.63, 3.8) is 0 Å². The van der Waals surface area contributed by atoms with E-state index >= 15 is 0 Å². The smallest absolute Gasteiger partial charge is 0.187 e. The minimum atomic E-state index is -0.994. The largest absolute Gasteiger partial charge is 0.494 e. The van der Waals surface area contributed by atoms with E-state index in [1.54, 1.807) is 29.6 Å². The number of pyridine rings is 1. The van der Waals surface area contributed by atoms with Crippen LogP contribution in [0.2, 0.25) is 0 Å². The number of nitrogen functional groups attached to an aromatic ring is 1. The first-order valence-electron chi connectivity index (χ1n) is 11.2. The minimum Gasteiger partial charge on any atom is -0.494 e. The number of hydrogen-bond donors (Lipinski definition) is 3. The van der Waals surface area contributed by atoms with Gasteiger partial charge in [-0.25, -0.2) is 18.7 Å². The van der Waals surface area contributed by atoms with Crippen LogP contribution in [0, 0.1) is 34.3 Å². The number of nitrogens with zero attached hydrogens (tertiary/aromatic N) is 4. The zero-order valence-corrected chi connectivity index (χ0v) is 21.4. The monoisotopic (exact) mass is 550 g/mol. The molecule has 2 heterocycles. The summed E-state index contributed by atoms with van der Waals surface area (Å²) in [5.74, 6) is -1.06. The maximum absolute atomic E-state index is 14.0. The summed E-state index contributed by atoms with van der Waals surface area (Å²) in [4.78, 5) is 8.69. The highest BCUT2D eigenvalue weighted by Crippen LogP contribution is 2.37. The van der Waals surface area contributed by atoms with Crippen molar-refractivity contribution in [1.82, 2.24) is 9.97 Å². The molecule has 4 rings (SSSR count). The molecule has 0 aliphatic heterocycles. The van der Waals surface area contributed by atoms with Crippen LogP contribution in [0.4, 0.5) is 25.4 Å². The molecule has 0 unspecified atom stereocenters. The van der Waals surface area contributed by atoms with Gasteiger partial charge in [0.1, 0.15) is 34.3 Å². The number of halogens is 2. The van der Waals surface area contributed by atoms with Crippen molar-refractivity contribution in [2.75, 3.05) is 24.3 Å². The molecule has 0 aliphatic rings. The SMILES string of the molecule is N#Cc1c(N)nc(SCc2csc(Nc3cccc(F)c3F)n2)c(C#N)c1-c1ccc(OCCCO)cc1. The third-order valence-electron chi connectivity index (χ3n) is 5.23. The van der Waals surface area contributed by atoms with Crippen LogP contribution in [0.1, 0.15) is 23.2 Å². The molecular formula is C26H20F2N6O2S2.